The van der Waals surface area contributed by atoms with Gasteiger partial charge in [-0.3, -0.25) is 0 Å². The number of rotatable bonds is 4. The van der Waals surface area contributed by atoms with Crippen molar-refractivity contribution in [2.24, 2.45) is 0 Å². The lowest BCUT2D eigenvalue weighted by atomic mass is 10.1. The Bertz CT molecular complexity index is 704. The second-order valence-corrected chi connectivity index (χ2v) is 6.43. The van der Waals surface area contributed by atoms with Gasteiger partial charge in [0.05, 0.1) is 28.0 Å². The molecule has 0 saturated heterocycles. The number of ether oxygens (including phenoxy) is 1. The number of nitrogens with zero attached hydrogens (tertiary/aromatic N) is 3. The van der Waals surface area contributed by atoms with Crippen LogP contribution >= 0.6 is 15.9 Å². The van der Waals surface area contributed by atoms with Crippen molar-refractivity contribution < 1.29 is 9.53 Å². The van der Waals surface area contributed by atoms with Crippen molar-refractivity contribution in [3.63, 3.8) is 0 Å². The summed E-state index contributed by atoms with van der Waals surface area (Å²) in [5.41, 5.74) is 3.17. The molecule has 2 heterocycles. The van der Waals surface area contributed by atoms with Gasteiger partial charge >= 0.3 is 5.97 Å². The van der Waals surface area contributed by atoms with Crippen LogP contribution in [0.3, 0.4) is 0 Å². The van der Waals surface area contributed by atoms with Gasteiger partial charge in [-0.25, -0.2) is 14.3 Å². The Labute approximate surface area is 131 Å². The number of carbonyl (C=O) groups excluding carboxylic acids is 1. The van der Waals surface area contributed by atoms with E-state index in [2.05, 4.69) is 20.9 Å². The molecule has 1 saturated carbocycles. The summed E-state index contributed by atoms with van der Waals surface area (Å²) in [5, 5.41) is 4.70. The zero-order valence-electron chi connectivity index (χ0n) is 12.4. The monoisotopic (exact) mass is 351 g/mol. The zero-order chi connectivity index (χ0) is 15.1. The van der Waals surface area contributed by atoms with E-state index in [4.69, 9.17) is 9.84 Å². The molecule has 3 rings (SSSR count). The summed E-state index contributed by atoms with van der Waals surface area (Å²) in [6.07, 6.45) is 3.94. The molecule has 0 atom stereocenters. The Hall–Kier alpha value is -1.43. The Kier molecular flexibility index (Phi) is 3.73. The van der Waals surface area contributed by atoms with Crippen LogP contribution in [0, 0.1) is 0 Å². The van der Waals surface area contributed by atoms with Gasteiger partial charge in [-0.2, -0.15) is 5.10 Å². The number of aromatic nitrogens is 3. The molecule has 1 aliphatic carbocycles. The van der Waals surface area contributed by atoms with Gasteiger partial charge < -0.3 is 4.74 Å². The Balaban J connectivity index is 2.21. The lowest BCUT2D eigenvalue weighted by Gasteiger charge is -2.13. The molecule has 1 fully saturated rings. The van der Waals surface area contributed by atoms with Gasteiger partial charge in [0.2, 0.25) is 0 Å². The number of fused-ring (bicyclic) bond motifs is 1. The van der Waals surface area contributed by atoms with Gasteiger partial charge in [0, 0.05) is 12.1 Å². The van der Waals surface area contributed by atoms with Crippen LogP contribution in [0.2, 0.25) is 0 Å². The minimum atomic E-state index is -0.338. The van der Waals surface area contributed by atoms with Crippen molar-refractivity contribution in [1.82, 2.24) is 14.6 Å². The quantitative estimate of drug-likeness (QED) is 0.788. The van der Waals surface area contributed by atoms with Crippen LogP contribution in [0.1, 0.15) is 67.2 Å². The average Bonchev–Trinajstić information content (AvgIpc) is 3.23. The first-order valence-corrected chi connectivity index (χ1v) is 8.08. The first-order chi connectivity index (χ1) is 10.0. The Morgan fingerprint density at radius 3 is 2.81 bits per heavy atom. The van der Waals surface area contributed by atoms with Crippen LogP contribution in [0.4, 0.5) is 0 Å². The number of hydrogen-bond acceptors (Lipinski definition) is 4. The minimum Gasteiger partial charge on any atom is -0.462 e. The molecule has 0 bridgehead atoms. The number of hydrogen-bond donors (Lipinski definition) is 0. The average molecular weight is 352 g/mol. The van der Waals surface area contributed by atoms with Crippen molar-refractivity contribution in [3.05, 3.63) is 27.6 Å². The Morgan fingerprint density at radius 2 is 2.24 bits per heavy atom. The van der Waals surface area contributed by atoms with E-state index in [1.54, 1.807) is 17.6 Å². The third-order valence-corrected chi connectivity index (χ3v) is 4.42. The number of halogens is 1. The lowest BCUT2D eigenvalue weighted by Crippen LogP contribution is -2.14. The molecular weight excluding hydrogens is 334 g/mol. The third-order valence-electron chi connectivity index (χ3n) is 3.66. The van der Waals surface area contributed by atoms with Gasteiger partial charge in [0.15, 0.2) is 5.65 Å². The summed E-state index contributed by atoms with van der Waals surface area (Å²) in [5.74, 6) is 0.330. The van der Waals surface area contributed by atoms with Gasteiger partial charge in [-0.05, 0) is 41.6 Å². The smallest absolute Gasteiger partial charge is 0.341 e. The standard InChI is InChI=1S/C15H18BrN3O2/c1-4-21-15(20)10-7-17-14-11(16)12(9-5-6-9)18-19(14)13(10)8(2)3/h7-9H,4-6H2,1-3H3. The molecule has 0 aliphatic heterocycles. The maximum absolute atomic E-state index is 12.1. The van der Waals surface area contributed by atoms with Crippen molar-refractivity contribution >= 4 is 27.5 Å². The molecule has 5 nitrogen and oxygen atoms in total. The first kappa shape index (κ1) is 14.5. The van der Waals surface area contributed by atoms with Crippen LogP contribution < -0.4 is 0 Å². The summed E-state index contributed by atoms with van der Waals surface area (Å²) in [6, 6.07) is 0. The molecule has 112 valence electrons. The summed E-state index contributed by atoms with van der Waals surface area (Å²) in [6.45, 7) is 6.24. The van der Waals surface area contributed by atoms with Gasteiger partial charge in [-0.15, -0.1) is 0 Å². The van der Waals surface area contributed by atoms with Crippen LogP contribution in [0.15, 0.2) is 10.7 Å². The van der Waals surface area contributed by atoms with Crippen LogP contribution in [-0.4, -0.2) is 27.2 Å². The van der Waals surface area contributed by atoms with E-state index >= 15 is 0 Å². The summed E-state index contributed by atoms with van der Waals surface area (Å²) >= 11 is 3.61. The van der Waals surface area contributed by atoms with Crippen molar-refractivity contribution in [2.45, 2.75) is 45.4 Å². The SMILES string of the molecule is CCOC(=O)c1cnc2c(Br)c(C3CC3)nn2c1C(C)C. The topological polar surface area (TPSA) is 56.5 Å². The summed E-state index contributed by atoms with van der Waals surface area (Å²) < 4.78 is 7.88. The molecule has 0 spiro atoms. The summed E-state index contributed by atoms with van der Waals surface area (Å²) in [7, 11) is 0. The van der Waals surface area contributed by atoms with Gasteiger partial charge in [0.1, 0.15) is 0 Å². The fraction of sp³-hybridized carbons (Fsp3) is 0.533. The maximum atomic E-state index is 12.1. The highest BCUT2D eigenvalue weighted by atomic mass is 79.9. The largest absolute Gasteiger partial charge is 0.462 e. The molecule has 1 aliphatic rings. The third kappa shape index (κ3) is 2.46. The normalized spacial score (nSPS) is 14.9. The van der Waals surface area contributed by atoms with E-state index in [1.807, 2.05) is 13.8 Å². The second kappa shape index (κ2) is 5.40. The molecular formula is C15H18BrN3O2. The van der Waals surface area contributed by atoms with Gasteiger partial charge in [-0.1, -0.05) is 13.8 Å². The van der Waals surface area contributed by atoms with Crippen molar-refractivity contribution in [3.8, 4) is 0 Å². The van der Waals surface area contributed by atoms with E-state index in [-0.39, 0.29) is 11.9 Å². The van der Waals surface area contributed by atoms with Crippen LogP contribution in [-0.2, 0) is 4.74 Å². The second-order valence-electron chi connectivity index (χ2n) is 5.64. The van der Waals surface area contributed by atoms with E-state index < -0.39 is 0 Å². The minimum absolute atomic E-state index is 0.147. The highest BCUT2D eigenvalue weighted by molar-refractivity contribution is 9.10. The predicted molar refractivity (Wildman–Crippen MR) is 82.7 cm³/mol. The van der Waals surface area contributed by atoms with E-state index in [0.29, 0.717) is 18.1 Å². The highest BCUT2D eigenvalue weighted by Gasteiger charge is 2.31. The zero-order valence-corrected chi connectivity index (χ0v) is 14.0. The molecule has 2 aromatic rings. The molecule has 2 aromatic heterocycles. The number of carbonyl (C=O) groups is 1. The van der Waals surface area contributed by atoms with E-state index in [9.17, 15) is 4.79 Å². The lowest BCUT2D eigenvalue weighted by molar-refractivity contribution is 0.0523. The highest BCUT2D eigenvalue weighted by Crippen LogP contribution is 2.43. The molecule has 0 radical (unpaired) electrons. The fourth-order valence-corrected chi connectivity index (χ4v) is 3.20. The molecule has 6 heteroatoms. The fourth-order valence-electron chi connectivity index (χ4n) is 2.53. The molecule has 0 N–H and O–H groups in total. The van der Waals surface area contributed by atoms with Gasteiger partial charge in [0.25, 0.3) is 0 Å². The van der Waals surface area contributed by atoms with Crippen LogP contribution in [0.25, 0.3) is 5.65 Å². The van der Waals surface area contributed by atoms with E-state index in [0.717, 1.165) is 21.5 Å². The van der Waals surface area contributed by atoms with Crippen molar-refractivity contribution in [2.75, 3.05) is 6.61 Å². The molecule has 0 amide bonds. The van der Waals surface area contributed by atoms with E-state index in [1.165, 1.54) is 12.8 Å². The first-order valence-electron chi connectivity index (χ1n) is 7.28. The van der Waals surface area contributed by atoms with Crippen molar-refractivity contribution in [1.29, 1.82) is 0 Å². The molecule has 0 aromatic carbocycles. The van der Waals surface area contributed by atoms with Crippen LogP contribution in [0.5, 0.6) is 0 Å². The number of esters is 1. The molecule has 21 heavy (non-hydrogen) atoms. The maximum Gasteiger partial charge on any atom is 0.341 e. The summed E-state index contributed by atoms with van der Waals surface area (Å²) in [4.78, 5) is 16.5. The predicted octanol–water partition coefficient (Wildman–Crippen LogP) is 3.67. The Morgan fingerprint density at radius 1 is 1.52 bits per heavy atom. The molecule has 0 unspecified atom stereocenters.